The van der Waals surface area contributed by atoms with Gasteiger partial charge in [0.1, 0.15) is 5.75 Å². The van der Waals surface area contributed by atoms with E-state index < -0.39 is 6.10 Å². The van der Waals surface area contributed by atoms with Gasteiger partial charge in [0.15, 0.2) is 0 Å². The van der Waals surface area contributed by atoms with E-state index in [9.17, 15) is 9.90 Å². The fraction of sp³-hybridized carbons (Fsp3) is 0.235. The zero-order valence-corrected chi connectivity index (χ0v) is 11.7. The van der Waals surface area contributed by atoms with Gasteiger partial charge in [0.25, 0.3) is 5.91 Å². The van der Waals surface area contributed by atoms with Gasteiger partial charge in [0.05, 0.1) is 19.3 Å². The van der Waals surface area contributed by atoms with Gasteiger partial charge < -0.3 is 15.2 Å². The molecule has 4 heteroatoms. The first-order valence-electron chi connectivity index (χ1n) is 6.90. The SMILES string of the molecule is COc1cccc(C(=O)NC2c3ccccc3CC2O)c1. The van der Waals surface area contributed by atoms with E-state index in [0.29, 0.717) is 17.7 Å². The summed E-state index contributed by atoms with van der Waals surface area (Å²) in [6.45, 7) is 0. The van der Waals surface area contributed by atoms with Gasteiger partial charge in [-0.25, -0.2) is 0 Å². The van der Waals surface area contributed by atoms with Gasteiger partial charge in [-0.1, -0.05) is 30.3 Å². The molecule has 2 N–H and O–H groups in total. The number of hydrogen-bond acceptors (Lipinski definition) is 3. The van der Waals surface area contributed by atoms with Crippen LogP contribution in [0.15, 0.2) is 48.5 Å². The van der Waals surface area contributed by atoms with Crippen molar-refractivity contribution in [3.8, 4) is 5.75 Å². The standard InChI is InChI=1S/C17H17NO3/c1-21-13-7-4-6-12(9-13)17(20)18-16-14-8-3-2-5-11(14)10-15(16)19/h2-9,15-16,19H,10H2,1H3,(H,18,20). The second-order valence-electron chi connectivity index (χ2n) is 5.15. The van der Waals surface area contributed by atoms with Crippen LogP contribution in [-0.4, -0.2) is 24.2 Å². The molecular formula is C17H17NO3. The summed E-state index contributed by atoms with van der Waals surface area (Å²) < 4.78 is 5.12. The number of fused-ring (bicyclic) bond motifs is 1. The summed E-state index contributed by atoms with van der Waals surface area (Å²) in [7, 11) is 1.56. The highest BCUT2D eigenvalue weighted by Gasteiger charge is 2.32. The number of carbonyl (C=O) groups excluding carboxylic acids is 1. The quantitative estimate of drug-likeness (QED) is 0.906. The maximum Gasteiger partial charge on any atom is 0.251 e. The Hall–Kier alpha value is -2.33. The molecule has 108 valence electrons. The van der Waals surface area contributed by atoms with Crippen molar-refractivity contribution in [1.82, 2.24) is 5.32 Å². The molecule has 0 saturated heterocycles. The number of amides is 1. The third-order valence-corrected chi connectivity index (χ3v) is 3.82. The van der Waals surface area contributed by atoms with Crippen LogP contribution < -0.4 is 10.1 Å². The van der Waals surface area contributed by atoms with Gasteiger partial charge in [-0.3, -0.25) is 4.79 Å². The third kappa shape index (κ3) is 2.62. The Morgan fingerprint density at radius 3 is 2.86 bits per heavy atom. The van der Waals surface area contributed by atoms with E-state index in [-0.39, 0.29) is 11.9 Å². The minimum Gasteiger partial charge on any atom is -0.497 e. The van der Waals surface area contributed by atoms with Gasteiger partial charge in [-0.2, -0.15) is 0 Å². The smallest absolute Gasteiger partial charge is 0.251 e. The number of benzene rings is 2. The average molecular weight is 283 g/mol. The molecule has 1 amide bonds. The molecule has 0 aromatic heterocycles. The van der Waals surface area contributed by atoms with Crippen molar-refractivity contribution in [3.05, 3.63) is 65.2 Å². The molecule has 3 rings (SSSR count). The first kappa shape index (κ1) is 13.6. The molecule has 2 atom stereocenters. The lowest BCUT2D eigenvalue weighted by atomic mass is 10.1. The number of aliphatic hydroxyl groups excluding tert-OH is 1. The Balaban J connectivity index is 1.81. The van der Waals surface area contributed by atoms with Crippen molar-refractivity contribution in [2.75, 3.05) is 7.11 Å². The zero-order valence-electron chi connectivity index (χ0n) is 11.7. The molecule has 1 aliphatic carbocycles. The Kier molecular flexibility index (Phi) is 3.62. The summed E-state index contributed by atoms with van der Waals surface area (Å²) in [6.07, 6.45) is -0.0175. The molecule has 0 radical (unpaired) electrons. The number of rotatable bonds is 3. The lowest BCUT2D eigenvalue weighted by molar-refractivity contribution is 0.0858. The lowest BCUT2D eigenvalue weighted by Crippen LogP contribution is -2.33. The van der Waals surface area contributed by atoms with E-state index in [4.69, 9.17) is 4.74 Å². The number of carbonyl (C=O) groups is 1. The molecule has 0 heterocycles. The molecule has 0 saturated carbocycles. The minimum atomic E-state index is -0.586. The van der Waals surface area contributed by atoms with Crippen LogP contribution in [0, 0.1) is 0 Å². The monoisotopic (exact) mass is 283 g/mol. The van der Waals surface area contributed by atoms with E-state index in [1.807, 2.05) is 24.3 Å². The Morgan fingerprint density at radius 2 is 2.05 bits per heavy atom. The molecule has 0 bridgehead atoms. The second-order valence-corrected chi connectivity index (χ2v) is 5.15. The van der Waals surface area contributed by atoms with E-state index in [1.165, 1.54) is 0 Å². The highest BCUT2D eigenvalue weighted by molar-refractivity contribution is 5.95. The van der Waals surface area contributed by atoms with Crippen LogP contribution in [0.4, 0.5) is 0 Å². The Bertz CT molecular complexity index is 669. The average Bonchev–Trinajstić information content (AvgIpc) is 2.83. The predicted octanol–water partition coefficient (Wildman–Crippen LogP) is 2.08. The van der Waals surface area contributed by atoms with Crippen molar-refractivity contribution < 1.29 is 14.6 Å². The number of methoxy groups -OCH3 is 1. The van der Waals surface area contributed by atoms with Crippen molar-refractivity contribution in [3.63, 3.8) is 0 Å². The van der Waals surface area contributed by atoms with Crippen LogP contribution >= 0.6 is 0 Å². The summed E-state index contributed by atoms with van der Waals surface area (Å²) in [4.78, 5) is 12.3. The zero-order chi connectivity index (χ0) is 14.8. The van der Waals surface area contributed by atoms with Gasteiger partial charge in [-0.05, 0) is 29.3 Å². The van der Waals surface area contributed by atoms with E-state index >= 15 is 0 Å². The van der Waals surface area contributed by atoms with Crippen molar-refractivity contribution in [1.29, 1.82) is 0 Å². The van der Waals surface area contributed by atoms with Crippen molar-refractivity contribution >= 4 is 5.91 Å². The fourth-order valence-electron chi connectivity index (χ4n) is 2.74. The molecule has 0 fully saturated rings. The van der Waals surface area contributed by atoms with Gasteiger partial charge in [0.2, 0.25) is 0 Å². The Morgan fingerprint density at radius 1 is 1.24 bits per heavy atom. The van der Waals surface area contributed by atoms with Crippen molar-refractivity contribution in [2.45, 2.75) is 18.6 Å². The number of nitrogens with one attached hydrogen (secondary N) is 1. The topological polar surface area (TPSA) is 58.6 Å². The molecular weight excluding hydrogens is 266 g/mol. The fourth-order valence-corrected chi connectivity index (χ4v) is 2.74. The highest BCUT2D eigenvalue weighted by atomic mass is 16.5. The van der Waals surface area contributed by atoms with Crippen molar-refractivity contribution in [2.24, 2.45) is 0 Å². The summed E-state index contributed by atoms with van der Waals surface area (Å²) in [5, 5.41) is 13.1. The van der Waals surface area contributed by atoms with Gasteiger partial charge in [0, 0.05) is 12.0 Å². The first-order valence-corrected chi connectivity index (χ1v) is 6.90. The summed E-state index contributed by atoms with van der Waals surface area (Å²) in [6, 6.07) is 14.4. The Labute approximate surface area is 123 Å². The normalized spacial score (nSPS) is 19.9. The van der Waals surface area contributed by atoms with Crippen LogP contribution in [0.1, 0.15) is 27.5 Å². The molecule has 2 aromatic carbocycles. The van der Waals surface area contributed by atoms with Crippen LogP contribution in [-0.2, 0) is 6.42 Å². The number of aliphatic hydroxyl groups is 1. The van der Waals surface area contributed by atoms with Crippen LogP contribution in [0.25, 0.3) is 0 Å². The summed E-state index contributed by atoms with van der Waals surface area (Å²) in [5.74, 6) is 0.421. The summed E-state index contributed by atoms with van der Waals surface area (Å²) >= 11 is 0. The largest absolute Gasteiger partial charge is 0.497 e. The maximum atomic E-state index is 12.3. The van der Waals surface area contributed by atoms with E-state index in [2.05, 4.69) is 5.32 Å². The summed E-state index contributed by atoms with van der Waals surface area (Å²) in [5.41, 5.74) is 2.59. The predicted molar refractivity (Wildman–Crippen MR) is 79.4 cm³/mol. The van der Waals surface area contributed by atoms with E-state index in [0.717, 1.165) is 11.1 Å². The lowest BCUT2D eigenvalue weighted by Gasteiger charge is -2.18. The van der Waals surface area contributed by atoms with Gasteiger partial charge >= 0.3 is 0 Å². The molecule has 1 aliphatic rings. The van der Waals surface area contributed by atoms with Crippen LogP contribution in [0.5, 0.6) is 5.75 Å². The molecule has 21 heavy (non-hydrogen) atoms. The molecule has 0 aliphatic heterocycles. The number of ether oxygens (including phenoxy) is 1. The maximum absolute atomic E-state index is 12.3. The van der Waals surface area contributed by atoms with Crippen LogP contribution in [0.3, 0.4) is 0 Å². The highest BCUT2D eigenvalue weighted by Crippen LogP contribution is 2.31. The molecule has 0 spiro atoms. The molecule has 2 unspecified atom stereocenters. The second kappa shape index (κ2) is 5.58. The third-order valence-electron chi connectivity index (χ3n) is 3.82. The number of hydrogen-bond donors (Lipinski definition) is 2. The van der Waals surface area contributed by atoms with Gasteiger partial charge in [-0.15, -0.1) is 0 Å². The first-order chi connectivity index (χ1) is 10.2. The molecule has 4 nitrogen and oxygen atoms in total. The molecule has 2 aromatic rings. The minimum absolute atomic E-state index is 0.213. The van der Waals surface area contributed by atoms with Crippen LogP contribution in [0.2, 0.25) is 0 Å². The van der Waals surface area contributed by atoms with E-state index in [1.54, 1.807) is 31.4 Å².